The van der Waals surface area contributed by atoms with E-state index in [-0.39, 0.29) is 6.61 Å². The minimum absolute atomic E-state index is 0.143. The first-order chi connectivity index (χ1) is 9.18. The lowest BCUT2D eigenvalue weighted by Crippen LogP contribution is -2.62. The topological polar surface area (TPSA) is 87.7 Å². The smallest absolute Gasteiger partial charge is 0.325 e. The molecule has 2 rings (SSSR count). The molecular formula is C13H16N2O4. The van der Waals surface area contributed by atoms with Crippen molar-refractivity contribution in [2.75, 3.05) is 13.1 Å². The van der Waals surface area contributed by atoms with Crippen LogP contribution in [-0.2, 0) is 20.9 Å². The fourth-order valence-electron chi connectivity index (χ4n) is 1.96. The molecule has 2 atom stereocenters. The van der Waals surface area contributed by atoms with Crippen molar-refractivity contribution in [1.29, 1.82) is 0 Å². The van der Waals surface area contributed by atoms with Gasteiger partial charge in [0, 0.05) is 13.1 Å². The van der Waals surface area contributed by atoms with Gasteiger partial charge >= 0.3 is 11.9 Å². The molecule has 0 spiro atoms. The third kappa shape index (κ3) is 3.52. The fraction of sp³-hybridized carbons (Fsp3) is 0.385. The second-order valence-electron chi connectivity index (χ2n) is 4.30. The van der Waals surface area contributed by atoms with Crippen molar-refractivity contribution < 1.29 is 19.4 Å². The summed E-state index contributed by atoms with van der Waals surface area (Å²) in [6, 6.07) is 7.46. The van der Waals surface area contributed by atoms with E-state index in [9.17, 15) is 9.59 Å². The van der Waals surface area contributed by atoms with E-state index in [0.29, 0.717) is 13.1 Å². The first-order valence-corrected chi connectivity index (χ1v) is 6.08. The molecule has 1 fully saturated rings. The van der Waals surface area contributed by atoms with Crippen molar-refractivity contribution in [3.8, 4) is 0 Å². The van der Waals surface area contributed by atoms with Crippen LogP contribution in [0.25, 0.3) is 0 Å². The van der Waals surface area contributed by atoms with Gasteiger partial charge < -0.3 is 20.5 Å². The monoisotopic (exact) mass is 264 g/mol. The SMILES string of the molecule is O=C(O)C1NCCNC1C(=O)OCc1ccccc1. The Balaban J connectivity index is 1.93. The van der Waals surface area contributed by atoms with E-state index >= 15 is 0 Å². The Morgan fingerprint density at radius 3 is 2.42 bits per heavy atom. The fourth-order valence-corrected chi connectivity index (χ4v) is 1.96. The Labute approximate surface area is 110 Å². The molecule has 0 amide bonds. The molecule has 2 unspecified atom stereocenters. The van der Waals surface area contributed by atoms with Crippen molar-refractivity contribution in [3.63, 3.8) is 0 Å². The highest BCUT2D eigenvalue weighted by molar-refractivity contribution is 5.86. The van der Waals surface area contributed by atoms with Crippen LogP contribution in [0.4, 0.5) is 0 Å². The van der Waals surface area contributed by atoms with Crippen LogP contribution in [0.2, 0.25) is 0 Å². The highest BCUT2D eigenvalue weighted by Gasteiger charge is 2.36. The van der Waals surface area contributed by atoms with E-state index in [0.717, 1.165) is 5.56 Å². The average molecular weight is 264 g/mol. The molecule has 3 N–H and O–H groups in total. The van der Waals surface area contributed by atoms with Crippen molar-refractivity contribution in [1.82, 2.24) is 10.6 Å². The van der Waals surface area contributed by atoms with Gasteiger partial charge in [0.2, 0.25) is 0 Å². The van der Waals surface area contributed by atoms with Gasteiger partial charge in [-0.1, -0.05) is 30.3 Å². The number of nitrogens with one attached hydrogen (secondary N) is 2. The number of piperazine rings is 1. The molecule has 1 heterocycles. The summed E-state index contributed by atoms with van der Waals surface area (Å²) < 4.78 is 5.14. The largest absolute Gasteiger partial charge is 0.480 e. The molecule has 19 heavy (non-hydrogen) atoms. The summed E-state index contributed by atoms with van der Waals surface area (Å²) in [6.07, 6.45) is 0. The summed E-state index contributed by atoms with van der Waals surface area (Å²) in [6.45, 7) is 1.19. The molecule has 0 bridgehead atoms. The predicted octanol–water partition coefficient (Wildman–Crippen LogP) is -0.256. The van der Waals surface area contributed by atoms with Crippen LogP contribution < -0.4 is 10.6 Å². The number of carbonyl (C=O) groups excluding carboxylic acids is 1. The number of hydrogen-bond acceptors (Lipinski definition) is 5. The minimum Gasteiger partial charge on any atom is -0.480 e. The van der Waals surface area contributed by atoms with Crippen LogP contribution in [0.5, 0.6) is 0 Å². The molecular weight excluding hydrogens is 248 g/mol. The van der Waals surface area contributed by atoms with Crippen molar-refractivity contribution >= 4 is 11.9 Å². The summed E-state index contributed by atoms with van der Waals surface area (Å²) in [7, 11) is 0. The van der Waals surface area contributed by atoms with E-state index in [1.165, 1.54) is 0 Å². The number of carbonyl (C=O) groups is 2. The number of benzene rings is 1. The lowest BCUT2D eigenvalue weighted by Gasteiger charge is -2.29. The summed E-state index contributed by atoms with van der Waals surface area (Å²) in [5.41, 5.74) is 0.867. The second-order valence-corrected chi connectivity index (χ2v) is 4.30. The van der Waals surface area contributed by atoms with E-state index in [4.69, 9.17) is 9.84 Å². The molecule has 0 radical (unpaired) electrons. The van der Waals surface area contributed by atoms with Crippen LogP contribution in [0.3, 0.4) is 0 Å². The van der Waals surface area contributed by atoms with E-state index in [1.54, 1.807) is 0 Å². The number of carboxylic acids is 1. The van der Waals surface area contributed by atoms with Gasteiger partial charge in [-0.05, 0) is 5.56 Å². The third-order valence-electron chi connectivity index (χ3n) is 2.93. The molecule has 1 aliphatic heterocycles. The maximum absolute atomic E-state index is 11.9. The standard InChI is InChI=1S/C13H16N2O4/c16-12(17)10-11(15-7-6-14-10)13(18)19-8-9-4-2-1-3-5-9/h1-5,10-11,14-15H,6-8H2,(H,16,17). The van der Waals surface area contributed by atoms with E-state index < -0.39 is 24.0 Å². The zero-order valence-electron chi connectivity index (χ0n) is 10.3. The van der Waals surface area contributed by atoms with E-state index in [2.05, 4.69) is 10.6 Å². The Hall–Kier alpha value is -1.92. The summed E-state index contributed by atoms with van der Waals surface area (Å²) in [4.78, 5) is 22.9. The Kier molecular flexibility index (Phi) is 4.48. The maximum Gasteiger partial charge on any atom is 0.325 e. The number of ether oxygens (including phenoxy) is 1. The van der Waals surface area contributed by atoms with Gasteiger partial charge in [0.25, 0.3) is 0 Å². The number of carboxylic acid groups (broad SMARTS) is 1. The highest BCUT2D eigenvalue weighted by Crippen LogP contribution is 2.05. The Bertz CT molecular complexity index is 449. The quantitative estimate of drug-likeness (QED) is 0.650. The minimum atomic E-state index is -1.06. The number of aliphatic carboxylic acids is 1. The van der Waals surface area contributed by atoms with Gasteiger partial charge in [-0.15, -0.1) is 0 Å². The van der Waals surface area contributed by atoms with Gasteiger partial charge in [0.1, 0.15) is 18.7 Å². The number of esters is 1. The molecule has 6 nitrogen and oxygen atoms in total. The van der Waals surface area contributed by atoms with Crippen LogP contribution in [0.1, 0.15) is 5.56 Å². The van der Waals surface area contributed by atoms with Crippen molar-refractivity contribution in [2.24, 2.45) is 0 Å². The van der Waals surface area contributed by atoms with Gasteiger partial charge in [0.05, 0.1) is 0 Å². The van der Waals surface area contributed by atoms with Crippen LogP contribution in [0.15, 0.2) is 30.3 Å². The lowest BCUT2D eigenvalue weighted by molar-refractivity contribution is -0.154. The lowest BCUT2D eigenvalue weighted by atomic mass is 10.1. The van der Waals surface area contributed by atoms with Crippen LogP contribution in [-0.4, -0.2) is 42.2 Å². The number of hydrogen-bond donors (Lipinski definition) is 3. The van der Waals surface area contributed by atoms with Gasteiger partial charge in [0.15, 0.2) is 0 Å². The zero-order chi connectivity index (χ0) is 13.7. The summed E-state index contributed by atoms with van der Waals surface area (Å²) in [5, 5.41) is 14.7. The Morgan fingerprint density at radius 2 is 1.79 bits per heavy atom. The van der Waals surface area contributed by atoms with Crippen LogP contribution >= 0.6 is 0 Å². The average Bonchev–Trinajstić information content (AvgIpc) is 2.46. The molecule has 0 aliphatic carbocycles. The molecule has 102 valence electrons. The van der Waals surface area contributed by atoms with E-state index in [1.807, 2.05) is 30.3 Å². The molecule has 1 aromatic rings. The first kappa shape index (κ1) is 13.5. The van der Waals surface area contributed by atoms with Crippen LogP contribution in [0, 0.1) is 0 Å². The third-order valence-corrected chi connectivity index (χ3v) is 2.93. The Morgan fingerprint density at radius 1 is 1.16 bits per heavy atom. The number of rotatable bonds is 4. The normalized spacial score (nSPS) is 22.7. The molecule has 0 saturated carbocycles. The molecule has 1 aliphatic rings. The van der Waals surface area contributed by atoms with Gasteiger partial charge in [-0.3, -0.25) is 9.59 Å². The molecule has 6 heteroatoms. The maximum atomic E-state index is 11.9. The van der Waals surface area contributed by atoms with Crippen molar-refractivity contribution in [2.45, 2.75) is 18.7 Å². The molecule has 1 saturated heterocycles. The predicted molar refractivity (Wildman–Crippen MR) is 67.5 cm³/mol. The van der Waals surface area contributed by atoms with Crippen molar-refractivity contribution in [3.05, 3.63) is 35.9 Å². The van der Waals surface area contributed by atoms with Gasteiger partial charge in [-0.2, -0.15) is 0 Å². The molecule has 0 aromatic heterocycles. The van der Waals surface area contributed by atoms with Gasteiger partial charge in [-0.25, -0.2) is 0 Å². The highest BCUT2D eigenvalue weighted by atomic mass is 16.5. The second kappa shape index (κ2) is 6.31. The summed E-state index contributed by atoms with van der Waals surface area (Å²) >= 11 is 0. The summed E-state index contributed by atoms with van der Waals surface area (Å²) in [5.74, 6) is -1.61. The first-order valence-electron chi connectivity index (χ1n) is 6.08. The zero-order valence-corrected chi connectivity index (χ0v) is 10.3. The molecule has 1 aromatic carbocycles.